The van der Waals surface area contributed by atoms with Gasteiger partial charge in [-0.05, 0) is 18.2 Å². The van der Waals surface area contributed by atoms with Crippen molar-refractivity contribution in [2.75, 3.05) is 13.7 Å². The number of aliphatic carboxylic acids is 1. The zero-order valence-electron chi connectivity index (χ0n) is 9.90. The van der Waals surface area contributed by atoms with Gasteiger partial charge in [-0.3, -0.25) is 0 Å². The lowest BCUT2D eigenvalue weighted by Gasteiger charge is -2.12. The summed E-state index contributed by atoms with van der Waals surface area (Å²) in [6.07, 6.45) is -2.52. The quantitative estimate of drug-likeness (QED) is 0.840. The highest BCUT2D eigenvalue weighted by Gasteiger charge is 2.28. The molecule has 0 aromatic heterocycles. The Hall–Kier alpha value is -2.18. The molecule has 0 bridgehead atoms. The minimum Gasteiger partial charge on any atom is -0.497 e. The van der Waals surface area contributed by atoms with Crippen LogP contribution in [0.15, 0.2) is 24.3 Å². The lowest BCUT2D eigenvalue weighted by molar-refractivity contribution is -0.153. The predicted molar refractivity (Wildman–Crippen MR) is 61.2 cm³/mol. The van der Waals surface area contributed by atoms with Crippen molar-refractivity contribution < 1.29 is 32.5 Å². The average molecular weight is 276 g/mol. The number of ether oxygens (including phenoxy) is 2. The van der Waals surface area contributed by atoms with Crippen molar-refractivity contribution in [3.63, 3.8) is 0 Å². The van der Waals surface area contributed by atoms with E-state index < -0.39 is 18.8 Å². The van der Waals surface area contributed by atoms with Crippen molar-refractivity contribution >= 4 is 12.0 Å². The Morgan fingerprint density at radius 3 is 2.63 bits per heavy atom. The third-order valence-electron chi connectivity index (χ3n) is 2.02. The molecule has 0 aliphatic heterocycles. The number of methoxy groups -OCH3 is 1. The molecule has 0 aliphatic carbocycles. The van der Waals surface area contributed by atoms with E-state index in [0.29, 0.717) is 5.75 Å². The van der Waals surface area contributed by atoms with Crippen molar-refractivity contribution in [1.29, 1.82) is 0 Å². The molecule has 0 fully saturated rings. The van der Waals surface area contributed by atoms with Gasteiger partial charge < -0.3 is 14.6 Å². The summed E-state index contributed by atoms with van der Waals surface area (Å²) in [7, 11) is 1.36. The summed E-state index contributed by atoms with van der Waals surface area (Å²) in [5, 5.41) is 8.49. The fourth-order valence-electron chi connectivity index (χ4n) is 1.23. The lowest BCUT2D eigenvalue weighted by Crippen LogP contribution is -2.19. The molecule has 19 heavy (non-hydrogen) atoms. The molecule has 0 radical (unpaired) electrons. The molecule has 4 nitrogen and oxygen atoms in total. The smallest absolute Gasteiger partial charge is 0.422 e. The maximum Gasteiger partial charge on any atom is 0.422 e. The fraction of sp³-hybridized carbons (Fsp3) is 0.250. The summed E-state index contributed by atoms with van der Waals surface area (Å²) in [6.45, 7) is -1.46. The van der Waals surface area contributed by atoms with Crippen LogP contribution in [0.2, 0.25) is 0 Å². The summed E-state index contributed by atoms with van der Waals surface area (Å²) in [5.74, 6) is -1.00. The predicted octanol–water partition coefficient (Wildman–Crippen LogP) is 2.73. The number of carboxylic acids is 1. The molecule has 1 aromatic carbocycles. The van der Waals surface area contributed by atoms with Crippen LogP contribution in [0, 0.1) is 0 Å². The number of alkyl halides is 3. The number of rotatable bonds is 5. The van der Waals surface area contributed by atoms with E-state index in [0.717, 1.165) is 12.2 Å². The number of hydrogen-bond acceptors (Lipinski definition) is 3. The van der Waals surface area contributed by atoms with Crippen LogP contribution in [0.3, 0.4) is 0 Å². The molecule has 0 spiro atoms. The Balaban J connectivity index is 2.99. The molecule has 0 atom stereocenters. The van der Waals surface area contributed by atoms with Gasteiger partial charge in [-0.2, -0.15) is 13.2 Å². The highest BCUT2D eigenvalue weighted by atomic mass is 19.4. The highest BCUT2D eigenvalue weighted by Crippen LogP contribution is 2.27. The third kappa shape index (κ3) is 5.33. The van der Waals surface area contributed by atoms with Gasteiger partial charge in [0.25, 0.3) is 0 Å². The second kappa shape index (κ2) is 6.12. The van der Waals surface area contributed by atoms with E-state index >= 15 is 0 Å². The first-order valence-corrected chi connectivity index (χ1v) is 5.10. The molecule has 1 rings (SSSR count). The fourth-order valence-corrected chi connectivity index (χ4v) is 1.23. The summed E-state index contributed by atoms with van der Waals surface area (Å²) in [5.41, 5.74) is 0.215. The first-order valence-electron chi connectivity index (χ1n) is 5.10. The SMILES string of the molecule is COc1ccc(/C=C/C(=O)O)c(OCC(F)(F)F)c1. The molecule has 104 valence electrons. The first-order chi connectivity index (χ1) is 8.81. The summed E-state index contributed by atoms with van der Waals surface area (Å²) >= 11 is 0. The van der Waals surface area contributed by atoms with Crippen molar-refractivity contribution in [2.45, 2.75) is 6.18 Å². The molecule has 0 unspecified atom stereocenters. The van der Waals surface area contributed by atoms with Crippen LogP contribution in [-0.4, -0.2) is 31.0 Å². The monoisotopic (exact) mass is 276 g/mol. The zero-order valence-corrected chi connectivity index (χ0v) is 9.90. The Morgan fingerprint density at radius 1 is 1.42 bits per heavy atom. The first kappa shape index (κ1) is 14.9. The second-order valence-corrected chi connectivity index (χ2v) is 3.48. The molecule has 0 saturated carbocycles. The van der Waals surface area contributed by atoms with E-state index in [1.54, 1.807) is 0 Å². The van der Waals surface area contributed by atoms with Crippen molar-refractivity contribution in [1.82, 2.24) is 0 Å². The third-order valence-corrected chi connectivity index (χ3v) is 2.02. The second-order valence-electron chi connectivity index (χ2n) is 3.48. The maximum absolute atomic E-state index is 12.1. The van der Waals surface area contributed by atoms with E-state index in [9.17, 15) is 18.0 Å². The normalized spacial score (nSPS) is 11.6. The Kier molecular flexibility index (Phi) is 4.80. The van der Waals surface area contributed by atoms with Crippen molar-refractivity contribution in [2.24, 2.45) is 0 Å². The van der Waals surface area contributed by atoms with Gasteiger partial charge in [-0.1, -0.05) is 0 Å². The zero-order chi connectivity index (χ0) is 14.5. The van der Waals surface area contributed by atoms with Crippen LogP contribution in [0.25, 0.3) is 6.08 Å². The van der Waals surface area contributed by atoms with Crippen LogP contribution in [0.1, 0.15) is 5.56 Å². The molecule has 0 aliphatic rings. The van der Waals surface area contributed by atoms with Gasteiger partial charge in [-0.15, -0.1) is 0 Å². The molecule has 0 heterocycles. The van der Waals surface area contributed by atoms with E-state index in [4.69, 9.17) is 9.84 Å². The Morgan fingerprint density at radius 2 is 2.11 bits per heavy atom. The van der Waals surface area contributed by atoms with Gasteiger partial charge in [0.05, 0.1) is 7.11 Å². The number of carbonyl (C=O) groups is 1. The minimum atomic E-state index is -4.48. The minimum absolute atomic E-state index is 0.103. The standard InChI is InChI=1S/C12H11F3O4/c1-18-9-4-2-8(3-5-11(16)17)10(6-9)19-7-12(13,14)15/h2-6H,7H2,1H3,(H,16,17)/b5-3+. The van der Waals surface area contributed by atoms with Gasteiger partial charge >= 0.3 is 12.1 Å². The number of carboxylic acid groups (broad SMARTS) is 1. The molecule has 7 heteroatoms. The van der Waals surface area contributed by atoms with Gasteiger partial charge in [0.1, 0.15) is 11.5 Å². The maximum atomic E-state index is 12.1. The van der Waals surface area contributed by atoms with Crippen molar-refractivity contribution in [3.05, 3.63) is 29.8 Å². The van der Waals surface area contributed by atoms with Crippen LogP contribution < -0.4 is 9.47 Å². The largest absolute Gasteiger partial charge is 0.497 e. The van der Waals surface area contributed by atoms with E-state index in [-0.39, 0.29) is 11.3 Å². The van der Waals surface area contributed by atoms with Gasteiger partial charge in [-0.25, -0.2) is 4.79 Å². The molecular formula is C12H11F3O4. The van der Waals surface area contributed by atoms with Gasteiger partial charge in [0.2, 0.25) is 0 Å². The van der Waals surface area contributed by atoms with Crippen LogP contribution in [0.4, 0.5) is 13.2 Å². The number of halogens is 3. The highest BCUT2D eigenvalue weighted by molar-refractivity contribution is 5.86. The summed E-state index contributed by atoms with van der Waals surface area (Å²) < 4.78 is 45.8. The van der Waals surface area contributed by atoms with Crippen LogP contribution in [0.5, 0.6) is 11.5 Å². The Labute approximate surface area is 107 Å². The Bertz CT molecular complexity index is 480. The number of hydrogen-bond donors (Lipinski definition) is 1. The molecule has 1 aromatic rings. The van der Waals surface area contributed by atoms with Crippen LogP contribution >= 0.6 is 0 Å². The van der Waals surface area contributed by atoms with Gasteiger partial charge in [0.15, 0.2) is 6.61 Å². The average Bonchev–Trinajstić information content (AvgIpc) is 2.33. The molecule has 1 N–H and O–H groups in total. The number of benzene rings is 1. The summed E-state index contributed by atoms with van der Waals surface area (Å²) in [4.78, 5) is 10.4. The van der Waals surface area contributed by atoms with E-state index in [1.165, 1.54) is 25.3 Å². The summed E-state index contributed by atoms with van der Waals surface area (Å²) in [6, 6.07) is 4.15. The van der Waals surface area contributed by atoms with Crippen molar-refractivity contribution in [3.8, 4) is 11.5 Å². The van der Waals surface area contributed by atoms with Gasteiger partial charge in [0, 0.05) is 17.7 Å². The van der Waals surface area contributed by atoms with E-state index in [1.807, 2.05) is 0 Å². The van der Waals surface area contributed by atoms with E-state index in [2.05, 4.69) is 4.74 Å². The van der Waals surface area contributed by atoms with Crippen LogP contribution in [-0.2, 0) is 4.79 Å². The molecule has 0 saturated heterocycles. The lowest BCUT2D eigenvalue weighted by atomic mass is 10.1. The topological polar surface area (TPSA) is 55.8 Å². The molecule has 0 amide bonds. The molecular weight excluding hydrogens is 265 g/mol.